The highest BCUT2D eigenvalue weighted by Gasteiger charge is 2.18. The van der Waals surface area contributed by atoms with Gasteiger partial charge in [-0.25, -0.2) is 4.79 Å². The summed E-state index contributed by atoms with van der Waals surface area (Å²) in [4.78, 5) is 18.3. The number of rotatable bonds is 10. The summed E-state index contributed by atoms with van der Waals surface area (Å²) in [7, 11) is 0.445. The number of carbonyl (C=O) groups is 1. The van der Waals surface area contributed by atoms with E-state index in [2.05, 4.69) is 45.4 Å². The second-order valence-electron chi connectivity index (χ2n) is 10.5. The van der Waals surface area contributed by atoms with E-state index in [4.69, 9.17) is 14.2 Å². The van der Waals surface area contributed by atoms with Crippen LogP contribution in [0.25, 0.3) is 22.5 Å². The first-order valence-electron chi connectivity index (χ1n) is 12.8. The van der Waals surface area contributed by atoms with Crippen molar-refractivity contribution in [2.24, 2.45) is 0 Å². The largest absolute Gasteiger partial charge is 0.496 e. The zero-order chi connectivity index (χ0) is 26.3. The number of benzene rings is 1. The van der Waals surface area contributed by atoms with Gasteiger partial charge in [-0.05, 0) is 48.4 Å². The third-order valence-electron chi connectivity index (χ3n) is 6.27. The summed E-state index contributed by atoms with van der Waals surface area (Å²) in [6.07, 6.45) is 8.43. The molecule has 0 unspecified atom stereocenters. The van der Waals surface area contributed by atoms with Gasteiger partial charge in [0.1, 0.15) is 11.5 Å². The Morgan fingerprint density at radius 2 is 1.89 bits per heavy atom. The zero-order valence-corrected chi connectivity index (χ0v) is 23.1. The van der Waals surface area contributed by atoms with Crippen LogP contribution < -0.4 is 14.8 Å². The predicted octanol–water partition coefficient (Wildman–Crippen LogP) is 5.14. The van der Waals surface area contributed by atoms with Crippen molar-refractivity contribution < 1.29 is 19.0 Å². The number of pyridine rings is 1. The molecule has 0 atom stereocenters. The van der Waals surface area contributed by atoms with Crippen LogP contribution in [0.2, 0.25) is 25.7 Å². The number of tetrazole rings is 1. The lowest BCUT2D eigenvalue weighted by Crippen LogP contribution is -2.37. The summed E-state index contributed by atoms with van der Waals surface area (Å²) in [6.45, 7) is 7.86. The second kappa shape index (κ2) is 12.3. The van der Waals surface area contributed by atoms with Crippen molar-refractivity contribution in [1.29, 1.82) is 0 Å². The van der Waals surface area contributed by atoms with Crippen molar-refractivity contribution in [1.82, 2.24) is 30.5 Å². The first-order valence-corrected chi connectivity index (χ1v) is 16.5. The van der Waals surface area contributed by atoms with Gasteiger partial charge >= 0.3 is 6.09 Å². The number of nitrogens with one attached hydrogen (secondary N) is 1. The van der Waals surface area contributed by atoms with E-state index in [0.29, 0.717) is 29.5 Å². The SMILES string of the molecule is COc1ccc(OC(=O)NC2CCCCC2)cc1-c1cncc(-c2nnn(COCC[Si](C)(C)C)n2)c1. The number of ether oxygens (including phenoxy) is 3. The van der Waals surface area contributed by atoms with Crippen LogP contribution in [0.3, 0.4) is 0 Å². The highest BCUT2D eigenvalue weighted by atomic mass is 28.3. The third kappa shape index (κ3) is 7.83. The molecule has 1 aliphatic rings. The molecule has 0 radical (unpaired) electrons. The molecule has 2 heterocycles. The van der Waals surface area contributed by atoms with Gasteiger partial charge in [-0.1, -0.05) is 38.9 Å². The third-order valence-corrected chi connectivity index (χ3v) is 7.98. The molecule has 0 bridgehead atoms. The number of hydrogen-bond donors (Lipinski definition) is 1. The van der Waals surface area contributed by atoms with E-state index in [1.807, 2.05) is 6.07 Å². The Morgan fingerprint density at radius 3 is 2.65 bits per heavy atom. The Labute approximate surface area is 218 Å². The Morgan fingerprint density at radius 1 is 1.11 bits per heavy atom. The summed E-state index contributed by atoms with van der Waals surface area (Å²) in [5.74, 6) is 1.50. The highest BCUT2D eigenvalue weighted by Crippen LogP contribution is 2.34. The minimum atomic E-state index is -1.15. The van der Waals surface area contributed by atoms with Crippen LogP contribution in [0.1, 0.15) is 32.1 Å². The molecule has 1 saturated carbocycles. The van der Waals surface area contributed by atoms with Gasteiger partial charge < -0.3 is 19.5 Å². The maximum absolute atomic E-state index is 12.5. The first-order chi connectivity index (χ1) is 17.8. The Bertz CT molecular complexity index is 1190. The van der Waals surface area contributed by atoms with E-state index < -0.39 is 14.2 Å². The van der Waals surface area contributed by atoms with Gasteiger partial charge in [0.05, 0.1) is 7.11 Å². The number of nitrogens with zero attached hydrogens (tertiary/aromatic N) is 5. The van der Waals surface area contributed by atoms with Crippen LogP contribution in [0, 0.1) is 0 Å². The van der Waals surface area contributed by atoms with Crippen molar-refractivity contribution in [3.8, 4) is 34.0 Å². The summed E-state index contributed by atoms with van der Waals surface area (Å²) in [5, 5.41) is 15.7. The molecule has 10 nitrogen and oxygen atoms in total. The number of aromatic nitrogens is 5. The number of carbonyl (C=O) groups excluding carboxylic acids is 1. The lowest BCUT2D eigenvalue weighted by molar-refractivity contribution is 0.0674. The molecule has 2 aromatic heterocycles. The molecule has 1 N–H and O–H groups in total. The van der Waals surface area contributed by atoms with E-state index >= 15 is 0 Å². The average molecular weight is 525 g/mol. The molecular formula is C26H36N6O4Si. The fourth-order valence-electron chi connectivity index (χ4n) is 4.17. The minimum absolute atomic E-state index is 0.173. The molecule has 0 aliphatic heterocycles. The molecule has 37 heavy (non-hydrogen) atoms. The Balaban J connectivity index is 1.45. The van der Waals surface area contributed by atoms with Gasteiger partial charge in [0, 0.05) is 49.8 Å². The molecule has 1 fully saturated rings. The quantitative estimate of drug-likeness (QED) is 0.286. The van der Waals surface area contributed by atoms with E-state index in [1.54, 1.807) is 37.7 Å². The minimum Gasteiger partial charge on any atom is -0.496 e. The number of methoxy groups -OCH3 is 1. The summed E-state index contributed by atoms with van der Waals surface area (Å²) >= 11 is 0. The van der Waals surface area contributed by atoms with Crippen LogP contribution in [-0.4, -0.2) is 59.1 Å². The molecule has 11 heteroatoms. The predicted molar refractivity (Wildman–Crippen MR) is 143 cm³/mol. The van der Waals surface area contributed by atoms with Crippen LogP contribution in [0.15, 0.2) is 36.7 Å². The van der Waals surface area contributed by atoms with Crippen LogP contribution in [0.4, 0.5) is 4.79 Å². The van der Waals surface area contributed by atoms with Crippen LogP contribution in [0.5, 0.6) is 11.5 Å². The van der Waals surface area contributed by atoms with E-state index in [0.717, 1.165) is 42.9 Å². The average Bonchev–Trinajstić information content (AvgIpc) is 3.36. The molecule has 0 spiro atoms. The molecular weight excluding hydrogens is 488 g/mol. The van der Waals surface area contributed by atoms with Crippen LogP contribution >= 0.6 is 0 Å². The van der Waals surface area contributed by atoms with Gasteiger partial charge in [0.25, 0.3) is 0 Å². The van der Waals surface area contributed by atoms with Crippen molar-refractivity contribution in [2.75, 3.05) is 13.7 Å². The molecule has 198 valence electrons. The summed E-state index contributed by atoms with van der Waals surface area (Å²) in [5.41, 5.74) is 2.21. The Kier molecular flexibility index (Phi) is 8.88. The van der Waals surface area contributed by atoms with Crippen LogP contribution in [-0.2, 0) is 11.5 Å². The van der Waals surface area contributed by atoms with Gasteiger partial charge in [-0.15, -0.1) is 15.0 Å². The van der Waals surface area contributed by atoms with Gasteiger partial charge in [0.15, 0.2) is 6.73 Å². The standard InChI is InChI=1S/C26H36N6O4Si/c1-34-24-11-10-22(36-26(33)28-21-8-6-5-7-9-21)15-23(24)19-14-20(17-27-16-19)25-29-31-32(30-25)18-35-12-13-37(2,3)4/h10-11,14-17,21H,5-9,12-13,18H2,1-4H3,(H,28,33). The van der Waals surface area contributed by atoms with E-state index in [1.165, 1.54) is 11.2 Å². The molecule has 1 amide bonds. The van der Waals surface area contributed by atoms with Gasteiger partial charge in [0.2, 0.25) is 5.82 Å². The normalized spacial score (nSPS) is 14.4. The smallest absolute Gasteiger partial charge is 0.412 e. The first kappa shape index (κ1) is 26.7. The van der Waals surface area contributed by atoms with E-state index in [-0.39, 0.29) is 12.8 Å². The summed E-state index contributed by atoms with van der Waals surface area (Å²) in [6, 6.07) is 8.42. The molecule has 1 aliphatic carbocycles. The molecule has 1 aromatic carbocycles. The maximum Gasteiger partial charge on any atom is 0.412 e. The molecule has 3 aromatic rings. The lowest BCUT2D eigenvalue weighted by Gasteiger charge is -2.22. The zero-order valence-electron chi connectivity index (χ0n) is 22.1. The highest BCUT2D eigenvalue weighted by molar-refractivity contribution is 6.76. The fraction of sp³-hybridized carbons (Fsp3) is 0.500. The number of hydrogen-bond acceptors (Lipinski definition) is 8. The van der Waals surface area contributed by atoms with Crippen molar-refractivity contribution in [3.63, 3.8) is 0 Å². The fourth-order valence-corrected chi connectivity index (χ4v) is 4.93. The van der Waals surface area contributed by atoms with Gasteiger partial charge in [-0.3, -0.25) is 4.98 Å². The van der Waals surface area contributed by atoms with E-state index in [9.17, 15) is 4.79 Å². The van der Waals surface area contributed by atoms with Crippen molar-refractivity contribution in [2.45, 2.75) is 70.6 Å². The van der Waals surface area contributed by atoms with Crippen molar-refractivity contribution in [3.05, 3.63) is 36.7 Å². The maximum atomic E-state index is 12.5. The summed E-state index contributed by atoms with van der Waals surface area (Å²) < 4.78 is 16.9. The van der Waals surface area contributed by atoms with Gasteiger partial charge in [-0.2, -0.15) is 0 Å². The van der Waals surface area contributed by atoms with Crippen molar-refractivity contribution >= 4 is 14.2 Å². The topological polar surface area (TPSA) is 113 Å². The molecule has 4 rings (SSSR count). The monoisotopic (exact) mass is 524 g/mol. The lowest BCUT2D eigenvalue weighted by atomic mass is 9.96. The number of amides is 1. The Hall–Kier alpha value is -3.31. The molecule has 0 saturated heterocycles. The second-order valence-corrected chi connectivity index (χ2v) is 16.1.